The van der Waals surface area contributed by atoms with E-state index < -0.39 is 0 Å². The lowest BCUT2D eigenvalue weighted by molar-refractivity contribution is 0.322. The average Bonchev–Trinajstić information content (AvgIpc) is 3.10. The molecule has 3 rings (SSSR count). The van der Waals surface area contributed by atoms with Crippen LogP contribution < -0.4 is 5.32 Å². The fourth-order valence-electron chi connectivity index (χ4n) is 2.71. The standard InChI is InChI=1S/C15H19NO/c1-10(11-7-8-11)15(16-2)14-9-12-5-3-4-6-13(12)17-14/h3-6,9-11,15-16H,7-8H2,1-2H3. The summed E-state index contributed by atoms with van der Waals surface area (Å²) in [6.45, 7) is 2.33. The monoisotopic (exact) mass is 229 g/mol. The Hall–Kier alpha value is -1.28. The number of rotatable bonds is 4. The third kappa shape index (κ3) is 1.98. The first-order chi connectivity index (χ1) is 8.29. The van der Waals surface area contributed by atoms with Crippen molar-refractivity contribution in [2.45, 2.75) is 25.8 Å². The summed E-state index contributed by atoms with van der Waals surface area (Å²) in [6.07, 6.45) is 2.75. The zero-order valence-electron chi connectivity index (χ0n) is 10.4. The lowest BCUT2D eigenvalue weighted by Gasteiger charge is -2.21. The molecule has 1 aromatic heterocycles. The molecule has 1 saturated carbocycles. The number of hydrogen-bond donors (Lipinski definition) is 1. The molecular weight excluding hydrogens is 210 g/mol. The molecule has 17 heavy (non-hydrogen) atoms. The van der Waals surface area contributed by atoms with Gasteiger partial charge in [0, 0.05) is 5.39 Å². The van der Waals surface area contributed by atoms with E-state index in [-0.39, 0.29) is 0 Å². The van der Waals surface area contributed by atoms with Crippen molar-refractivity contribution in [2.24, 2.45) is 11.8 Å². The highest BCUT2D eigenvalue weighted by atomic mass is 16.3. The van der Waals surface area contributed by atoms with E-state index in [1.54, 1.807) is 0 Å². The fourth-order valence-corrected chi connectivity index (χ4v) is 2.71. The molecule has 0 amide bonds. The highest BCUT2D eigenvalue weighted by Crippen LogP contribution is 2.43. The van der Waals surface area contributed by atoms with Crippen LogP contribution in [0.15, 0.2) is 34.7 Å². The molecule has 0 aliphatic heterocycles. The Morgan fingerprint density at radius 3 is 2.71 bits per heavy atom. The van der Waals surface area contributed by atoms with Crippen LogP contribution in [0.4, 0.5) is 0 Å². The van der Waals surface area contributed by atoms with E-state index >= 15 is 0 Å². The van der Waals surface area contributed by atoms with Gasteiger partial charge in [0.25, 0.3) is 0 Å². The minimum absolute atomic E-state index is 0.342. The van der Waals surface area contributed by atoms with Crippen molar-refractivity contribution in [2.75, 3.05) is 7.05 Å². The lowest BCUT2D eigenvalue weighted by atomic mass is 9.95. The largest absolute Gasteiger partial charge is 0.459 e. The molecule has 1 aliphatic carbocycles. The van der Waals surface area contributed by atoms with Gasteiger partial charge in [-0.25, -0.2) is 0 Å². The van der Waals surface area contributed by atoms with E-state index in [1.807, 2.05) is 19.2 Å². The average molecular weight is 229 g/mol. The highest BCUT2D eigenvalue weighted by Gasteiger charge is 2.34. The fraction of sp³-hybridized carbons (Fsp3) is 0.467. The van der Waals surface area contributed by atoms with Gasteiger partial charge in [-0.15, -0.1) is 0 Å². The number of furan rings is 1. The van der Waals surface area contributed by atoms with Gasteiger partial charge in [0.2, 0.25) is 0 Å². The molecule has 0 spiro atoms. The summed E-state index contributed by atoms with van der Waals surface area (Å²) < 4.78 is 5.96. The Morgan fingerprint density at radius 1 is 1.29 bits per heavy atom. The number of para-hydroxylation sites is 1. The zero-order valence-corrected chi connectivity index (χ0v) is 10.4. The summed E-state index contributed by atoms with van der Waals surface area (Å²) in [5, 5.41) is 4.61. The van der Waals surface area contributed by atoms with Crippen LogP contribution >= 0.6 is 0 Å². The van der Waals surface area contributed by atoms with Crippen molar-refractivity contribution >= 4 is 11.0 Å². The van der Waals surface area contributed by atoms with Gasteiger partial charge in [0.1, 0.15) is 11.3 Å². The second-order valence-corrected chi connectivity index (χ2v) is 5.15. The first-order valence-corrected chi connectivity index (χ1v) is 6.45. The third-order valence-corrected chi connectivity index (χ3v) is 3.95. The van der Waals surface area contributed by atoms with E-state index in [0.717, 1.165) is 17.3 Å². The molecule has 1 fully saturated rings. The Bertz CT molecular complexity index is 479. The second-order valence-electron chi connectivity index (χ2n) is 5.15. The van der Waals surface area contributed by atoms with Gasteiger partial charge >= 0.3 is 0 Å². The number of benzene rings is 1. The number of hydrogen-bond acceptors (Lipinski definition) is 2. The number of fused-ring (bicyclic) bond motifs is 1. The smallest absolute Gasteiger partial charge is 0.134 e. The van der Waals surface area contributed by atoms with Gasteiger partial charge < -0.3 is 9.73 Å². The predicted molar refractivity (Wildman–Crippen MR) is 69.9 cm³/mol. The topological polar surface area (TPSA) is 25.2 Å². The Balaban J connectivity index is 1.94. The zero-order chi connectivity index (χ0) is 11.8. The van der Waals surface area contributed by atoms with E-state index in [4.69, 9.17) is 4.42 Å². The van der Waals surface area contributed by atoms with Crippen LogP contribution in [0.1, 0.15) is 31.6 Å². The van der Waals surface area contributed by atoms with Crippen molar-refractivity contribution in [3.05, 3.63) is 36.1 Å². The van der Waals surface area contributed by atoms with Gasteiger partial charge in [-0.2, -0.15) is 0 Å². The Labute approximate surface area is 102 Å². The van der Waals surface area contributed by atoms with E-state index in [9.17, 15) is 0 Å². The molecule has 0 bridgehead atoms. The third-order valence-electron chi connectivity index (χ3n) is 3.95. The quantitative estimate of drug-likeness (QED) is 0.864. The molecule has 1 heterocycles. The molecule has 2 heteroatoms. The minimum Gasteiger partial charge on any atom is -0.459 e. The minimum atomic E-state index is 0.342. The van der Waals surface area contributed by atoms with Crippen LogP contribution in [0, 0.1) is 11.8 Å². The van der Waals surface area contributed by atoms with Crippen LogP contribution in [-0.4, -0.2) is 7.05 Å². The van der Waals surface area contributed by atoms with E-state index in [1.165, 1.54) is 18.2 Å². The second kappa shape index (κ2) is 4.19. The van der Waals surface area contributed by atoms with Gasteiger partial charge in [-0.3, -0.25) is 0 Å². The summed E-state index contributed by atoms with van der Waals surface area (Å²) in [7, 11) is 2.02. The summed E-state index contributed by atoms with van der Waals surface area (Å²) in [6, 6.07) is 10.7. The molecule has 90 valence electrons. The van der Waals surface area contributed by atoms with E-state index in [0.29, 0.717) is 12.0 Å². The Morgan fingerprint density at radius 2 is 2.06 bits per heavy atom. The normalized spacial score (nSPS) is 19.4. The lowest BCUT2D eigenvalue weighted by Crippen LogP contribution is -2.24. The number of nitrogens with one attached hydrogen (secondary N) is 1. The molecule has 1 aliphatic rings. The molecule has 0 radical (unpaired) electrons. The van der Waals surface area contributed by atoms with E-state index in [2.05, 4.69) is 30.4 Å². The van der Waals surface area contributed by atoms with Crippen LogP contribution in [0.25, 0.3) is 11.0 Å². The Kier molecular flexibility index (Phi) is 2.67. The molecule has 2 aromatic rings. The van der Waals surface area contributed by atoms with Crippen molar-refractivity contribution in [1.82, 2.24) is 5.32 Å². The van der Waals surface area contributed by atoms with Gasteiger partial charge in [0.05, 0.1) is 6.04 Å². The summed E-state index contributed by atoms with van der Waals surface area (Å²) in [5.74, 6) is 2.61. The first kappa shape index (κ1) is 10.8. The van der Waals surface area contributed by atoms with Gasteiger partial charge in [-0.05, 0) is 43.9 Å². The maximum atomic E-state index is 5.96. The SMILES string of the molecule is CNC(c1cc2ccccc2o1)C(C)C1CC1. The van der Waals surface area contributed by atoms with Crippen molar-refractivity contribution in [3.8, 4) is 0 Å². The van der Waals surface area contributed by atoms with Crippen LogP contribution in [0.3, 0.4) is 0 Å². The first-order valence-electron chi connectivity index (χ1n) is 6.45. The van der Waals surface area contributed by atoms with Crippen LogP contribution in [0.2, 0.25) is 0 Å². The maximum Gasteiger partial charge on any atom is 0.134 e. The van der Waals surface area contributed by atoms with Crippen LogP contribution in [0.5, 0.6) is 0 Å². The van der Waals surface area contributed by atoms with Gasteiger partial charge in [0.15, 0.2) is 0 Å². The molecule has 1 aromatic carbocycles. The molecule has 1 N–H and O–H groups in total. The summed E-state index contributed by atoms with van der Waals surface area (Å²) >= 11 is 0. The molecule has 2 unspecified atom stereocenters. The van der Waals surface area contributed by atoms with Gasteiger partial charge in [-0.1, -0.05) is 25.1 Å². The summed E-state index contributed by atoms with van der Waals surface area (Å²) in [4.78, 5) is 0. The maximum absolute atomic E-state index is 5.96. The molecule has 2 nitrogen and oxygen atoms in total. The molecule has 0 saturated heterocycles. The van der Waals surface area contributed by atoms with Crippen molar-refractivity contribution in [1.29, 1.82) is 0 Å². The molecule has 2 atom stereocenters. The van der Waals surface area contributed by atoms with Crippen molar-refractivity contribution < 1.29 is 4.42 Å². The van der Waals surface area contributed by atoms with Crippen LogP contribution in [-0.2, 0) is 0 Å². The predicted octanol–water partition coefficient (Wildman–Crippen LogP) is 3.74. The summed E-state index contributed by atoms with van der Waals surface area (Å²) in [5.41, 5.74) is 0.991. The molecular formula is C15H19NO. The van der Waals surface area contributed by atoms with Crippen molar-refractivity contribution in [3.63, 3.8) is 0 Å². The highest BCUT2D eigenvalue weighted by molar-refractivity contribution is 5.77.